The molecule has 0 aliphatic carbocycles. The van der Waals surface area contributed by atoms with Crippen LogP contribution in [0.5, 0.6) is 0 Å². The summed E-state index contributed by atoms with van der Waals surface area (Å²) >= 11 is 3.24. The zero-order valence-corrected chi connectivity index (χ0v) is 11.3. The number of nitrogens with zero attached hydrogens (tertiary/aromatic N) is 4. The predicted molar refractivity (Wildman–Crippen MR) is 70.5 cm³/mol. The van der Waals surface area contributed by atoms with Crippen molar-refractivity contribution in [1.29, 1.82) is 0 Å². The number of rotatable bonds is 3. The van der Waals surface area contributed by atoms with Gasteiger partial charge in [-0.2, -0.15) is 5.10 Å². The van der Waals surface area contributed by atoms with Crippen LogP contribution in [-0.2, 0) is 6.42 Å². The van der Waals surface area contributed by atoms with Crippen LogP contribution in [0.4, 0.5) is 0 Å². The van der Waals surface area contributed by atoms with Crippen molar-refractivity contribution in [2.24, 2.45) is 5.92 Å². The second-order valence-electron chi connectivity index (χ2n) is 4.32. The van der Waals surface area contributed by atoms with Gasteiger partial charge >= 0.3 is 0 Å². The van der Waals surface area contributed by atoms with E-state index in [-0.39, 0.29) is 0 Å². The minimum Gasteiger partial charge on any atom is -0.243 e. The minimum atomic E-state index is 0.629. The molecule has 0 amide bonds. The quantitative estimate of drug-likeness (QED) is 0.730. The molecule has 0 atom stereocenters. The highest BCUT2D eigenvalue weighted by atomic mass is 32.1. The molecule has 0 saturated carbocycles. The molecule has 0 bridgehead atoms. The van der Waals surface area contributed by atoms with E-state index in [4.69, 9.17) is 0 Å². The SMILES string of the molecule is CC(C)Cc1nn2cc(-c3cscn3)nc2s1. The summed E-state index contributed by atoms with van der Waals surface area (Å²) in [7, 11) is 0. The Morgan fingerprint density at radius 2 is 2.24 bits per heavy atom. The first-order chi connectivity index (χ1) is 8.22. The smallest absolute Gasteiger partial charge is 0.212 e. The van der Waals surface area contributed by atoms with Gasteiger partial charge in [0.2, 0.25) is 4.96 Å². The molecule has 0 N–H and O–H groups in total. The molecule has 0 spiro atoms. The average Bonchev–Trinajstić information content (AvgIpc) is 2.86. The molecule has 3 rings (SSSR count). The Balaban J connectivity index is 1.96. The molecule has 0 saturated heterocycles. The monoisotopic (exact) mass is 264 g/mol. The maximum atomic E-state index is 4.55. The standard InChI is InChI=1S/C11H12N4S2/c1-7(2)3-10-14-15-4-8(13-11(15)17-10)9-5-16-6-12-9/h4-7H,3H2,1-2H3. The van der Waals surface area contributed by atoms with E-state index in [1.54, 1.807) is 22.7 Å². The Morgan fingerprint density at radius 1 is 1.35 bits per heavy atom. The molecule has 88 valence electrons. The van der Waals surface area contributed by atoms with Crippen LogP contribution in [0.25, 0.3) is 16.3 Å². The van der Waals surface area contributed by atoms with Crippen molar-refractivity contribution >= 4 is 27.6 Å². The van der Waals surface area contributed by atoms with Crippen LogP contribution >= 0.6 is 22.7 Å². The molecule has 3 aromatic heterocycles. The third-order valence-electron chi connectivity index (χ3n) is 2.36. The first kappa shape index (κ1) is 10.9. The van der Waals surface area contributed by atoms with Gasteiger partial charge in [0.25, 0.3) is 0 Å². The fraction of sp³-hybridized carbons (Fsp3) is 0.364. The van der Waals surface area contributed by atoms with Gasteiger partial charge in [-0.15, -0.1) is 11.3 Å². The van der Waals surface area contributed by atoms with Gasteiger partial charge < -0.3 is 0 Å². The molecule has 3 aromatic rings. The Kier molecular flexibility index (Phi) is 2.68. The summed E-state index contributed by atoms with van der Waals surface area (Å²) in [5, 5.41) is 7.68. The van der Waals surface area contributed by atoms with E-state index in [0.29, 0.717) is 5.92 Å². The van der Waals surface area contributed by atoms with E-state index in [9.17, 15) is 0 Å². The summed E-state index contributed by atoms with van der Waals surface area (Å²) < 4.78 is 1.86. The number of thiazole rings is 1. The van der Waals surface area contributed by atoms with Gasteiger partial charge in [-0.1, -0.05) is 25.2 Å². The van der Waals surface area contributed by atoms with E-state index in [1.165, 1.54) is 0 Å². The summed E-state index contributed by atoms with van der Waals surface area (Å²) in [5.41, 5.74) is 3.65. The van der Waals surface area contributed by atoms with Crippen molar-refractivity contribution in [3.63, 3.8) is 0 Å². The molecule has 4 nitrogen and oxygen atoms in total. The molecular formula is C11H12N4S2. The Bertz CT molecular complexity index is 590. The third-order valence-corrected chi connectivity index (χ3v) is 3.89. The fourth-order valence-electron chi connectivity index (χ4n) is 1.64. The van der Waals surface area contributed by atoms with E-state index in [2.05, 4.69) is 28.9 Å². The molecule has 0 unspecified atom stereocenters. The average molecular weight is 264 g/mol. The maximum Gasteiger partial charge on any atom is 0.212 e. The second kappa shape index (κ2) is 4.19. The minimum absolute atomic E-state index is 0.629. The lowest BCUT2D eigenvalue weighted by molar-refractivity contribution is 0.637. The zero-order chi connectivity index (χ0) is 11.8. The van der Waals surface area contributed by atoms with E-state index in [1.807, 2.05) is 21.6 Å². The summed E-state index contributed by atoms with van der Waals surface area (Å²) in [6, 6.07) is 0. The van der Waals surface area contributed by atoms with Crippen LogP contribution in [0.15, 0.2) is 17.1 Å². The summed E-state index contributed by atoms with van der Waals surface area (Å²) in [5.74, 6) is 0.629. The van der Waals surface area contributed by atoms with Gasteiger partial charge in [0, 0.05) is 11.8 Å². The lowest BCUT2D eigenvalue weighted by Crippen LogP contribution is -1.94. The molecule has 0 aromatic carbocycles. The molecule has 0 aliphatic rings. The number of hydrogen-bond acceptors (Lipinski definition) is 5. The molecule has 17 heavy (non-hydrogen) atoms. The van der Waals surface area contributed by atoms with Gasteiger partial charge in [-0.05, 0) is 5.92 Å². The molecule has 0 aliphatic heterocycles. The van der Waals surface area contributed by atoms with Crippen LogP contribution < -0.4 is 0 Å². The normalized spacial score (nSPS) is 11.7. The van der Waals surface area contributed by atoms with Crippen molar-refractivity contribution in [2.45, 2.75) is 20.3 Å². The largest absolute Gasteiger partial charge is 0.243 e. The third kappa shape index (κ3) is 2.10. The highest BCUT2D eigenvalue weighted by Crippen LogP contribution is 2.23. The lowest BCUT2D eigenvalue weighted by Gasteiger charge is -1.97. The van der Waals surface area contributed by atoms with Crippen molar-refractivity contribution < 1.29 is 0 Å². The topological polar surface area (TPSA) is 43.1 Å². The van der Waals surface area contributed by atoms with Crippen molar-refractivity contribution in [3.8, 4) is 11.4 Å². The van der Waals surface area contributed by atoms with Crippen molar-refractivity contribution in [3.05, 3.63) is 22.1 Å². The van der Waals surface area contributed by atoms with Gasteiger partial charge in [-0.3, -0.25) is 0 Å². The zero-order valence-electron chi connectivity index (χ0n) is 9.62. The molecule has 6 heteroatoms. The van der Waals surface area contributed by atoms with Crippen LogP contribution in [0.2, 0.25) is 0 Å². The van der Waals surface area contributed by atoms with Gasteiger partial charge in [0.05, 0.1) is 11.7 Å². The van der Waals surface area contributed by atoms with E-state index < -0.39 is 0 Å². The first-order valence-electron chi connectivity index (χ1n) is 5.46. The Morgan fingerprint density at radius 3 is 2.88 bits per heavy atom. The van der Waals surface area contributed by atoms with Crippen molar-refractivity contribution in [2.75, 3.05) is 0 Å². The first-order valence-corrected chi connectivity index (χ1v) is 7.22. The summed E-state index contributed by atoms with van der Waals surface area (Å²) in [4.78, 5) is 9.75. The Labute approximate surface area is 107 Å². The van der Waals surface area contributed by atoms with Gasteiger partial charge in [0.15, 0.2) is 0 Å². The van der Waals surface area contributed by atoms with Crippen LogP contribution in [0.1, 0.15) is 18.9 Å². The number of imidazole rings is 1. The van der Waals surface area contributed by atoms with Crippen LogP contribution in [-0.4, -0.2) is 19.6 Å². The number of aromatic nitrogens is 4. The highest BCUT2D eigenvalue weighted by molar-refractivity contribution is 7.16. The summed E-state index contributed by atoms with van der Waals surface area (Å²) in [6.07, 6.45) is 2.96. The van der Waals surface area contributed by atoms with E-state index >= 15 is 0 Å². The predicted octanol–water partition coefficient (Wildman–Crippen LogP) is 3.11. The maximum absolute atomic E-state index is 4.55. The second-order valence-corrected chi connectivity index (χ2v) is 6.08. The Hall–Kier alpha value is -1.27. The summed E-state index contributed by atoms with van der Waals surface area (Å²) in [6.45, 7) is 4.40. The molecule has 0 radical (unpaired) electrons. The van der Waals surface area contributed by atoms with E-state index in [0.717, 1.165) is 27.8 Å². The van der Waals surface area contributed by atoms with Crippen LogP contribution in [0, 0.1) is 5.92 Å². The van der Waals surface area contributed by atoms with Gasteiger partial charge in [0.1, 0.15) is 16.4 Å². The fourth-order valence-corrected chi connectivity index (χ4v) is 3.27. The molecule has 3 heterocycles. The van der Waals surface area contributed by atoms with Gasteiger partial charge in [-0.25, -0.2) is 14.5 Å². The van der Waals surface area contributed by atoms with Crippen LogP contribution in [0.3, 0.4) is 0 Å². The highest BCUT2D eigenvalue weighted by Gasteiger charge is 2.11. The van der Waals surface area contributed by atoms with Crippen molar-refractivity contribution in [1.82, 2.24) is 19.6 Å². The molecule has 0 fully saturated rings. The number of hydrogen-bond donors (Lipinski definition) is 0. The molecular weight excluding hydrogens is 252 g/mol. The lowest BCUT2D eigenvalue weighted by atomic mass is 10.1. The number of fused-ring (bicyclic) bond motifs is 1.